The van der Waals surface area contributed by atoms with Gasteiger partial charge in [-0.25, -0.2) is 9.48 Å². The van der Waals surface area contributed by atoms with E-state index in [9.17, 15) is 31.5 Å². The summed E-state index contributed by atoms with van der Waals surface area (Å²) in [7, 11) is 0. The number of fused-ring (bicyclic) bond motifs is 1. The van der Waals surface area contributed by atoms with E-state index in [1.807, 2.05) is 0 Å². The van der Waals surface area contributed by atoms with E-state index in [-0.39, 0.29) is 5.75 Å². The van der Waals surface area contributed by atoms with Crippen molar-refractivity contribution in [1.29, 1.82) is 0 Å². The molecule has 0 radical (unpaired) electrons. The lowest BCUT2D eigenvalue weighted by molar-refractivity contribution is -0.140. The maximum absolute atomic E-state index is 13.2. The average molecular weight is 390 g/mol. The van der Waals surface area contributed by atoms with Gasteiger partial charge in [0.25, 0.3) is 5.56 Å². The molecule has 144 valence electrons. The summed E-state index contributed by atoms with van der Waals surface area (Å²) in [6, 6.07) is 4.28. The number of nitrogens with zero attached hydrogens (tertiary/aromatic N) is 2. The minimum atomic E-state index is -4.93. The quantitative estimate of drug-likeness (QED) is 0.670. The van der Waals surface area contributed by atoms with Crippen molar-refractivity contribution in [3.05, 3.63) is 56.4 Å². The van der Waals surface area contributed by atoms with Crippen molar-refractivity contribution < 1.29 is 26.7 Å². The predicted molar refractivity (Wildman–Crippen MR) is 82.9 cm³/mol. The normalized spacial score (nSPS) is 13.3. The summed E-state index contributed by atoms with van der Waals surface area (Å²) in [6.07, 6.45) is -4.93. The number of H-pyrrole nitrogens is 2. The van der Waals surface area contributed by atoms with Crippen molar-refractivity contribution >= 4 is 11.0 Å². The van der Waals surface area contributed by atoms with Gasteiger partial charge in [0, 0.05) is 0 Å². The maximum Gasteiger partial charge on any atom is 0.436 e. The van der Waals surface area contributed by atoms with Crippen LogP contribution in [0.3, 0.4) is 0 Å². The lowest BCUT2D eigenvalue weighted by Gasteiger charge is -2.14. The largest absolute Gasteiger partial charge is 0.436 e. The SMILES string of the molecule is C[C@@H](c1ccc(OC(F)F)cc1)n1nc(C(F)(F)F)c2c(=O)[nH]c(=O)[nH]c21. The molecule has 0 fully saturated rings. The highest BCUT2D eigenvalue weighted by Gasteiger charge is 2.39. The minimum Gasteiger partial charge on any atom is -0.435 e. The van der Waals surface area contributed by atoms with E-state index in [1.165, 1.54) is 31.2 Å². The van der Waals surface area contributed by atoms with E-state index in [2.05, 4.69) is 14.8 Å². The lowest BCUT2D eigenvalue weighted by Crippen LogP contribution is -2.24. The molecule has 0 aliphatic rings. The molecule has 2 aromatic heterocycles. The van der Waals surface area contributed by atoms with Gasteiger partial charge in [-0.05, 0) is 24.6 Å². The highest BCUT2D eigenvalue weighted by atomic mass is 19.4. The van der Waals surface area contributed by atoms with Crippen LogP contribution in [0.1, 0.15) is 24.2 Å². The molecule has 0 bridgehead atoms. The molecule has 3 aromatic rings. The van der Waals surface area contributed by atoms with E-state index >= 15 is 0 Å². The molecule has 3 rings (SSSR count). The number of hydrogen-bond acceptors (Lipinski definition) is 4. The molecule has 0 amide bonds. The van der Waals surface area contributed by atoms with Gasteiger partial charge in [-0.3, -0.25) is 14.8 Å². The summed E-state index contributed by atoms with van der Waals surface area (Å²) in [5.41, 5.74) is -3.68. The molecule has 2 N–H and O–H groups in total. The van der Waals surface area contributed by atoms with Crippen molar-refractivity contribution in [2.75, 3.05) is 0 Å². The Balaban J connectivity index is 2.13. The third kappa shape index (κ3) is 3.55. The Morgan fingerprint density at radius 1 is 1.11 bits per heavy atom. The zero-order valence-electron chi connectivity index (χ0n) is 13.5. The van der Waals surface area contributed by atoms with Crippen LogP contribution < -0.4 is 16.0 Å². The Morgan fingerprint density at radius 3 is 2.30 bits per heavy atom. The number of aromatic amines is 2. The second-order valence-electron chi connectivity index (χ2n) is 5.55. The van der Waals surface area contributed by atoms with Crippen LogP contribution >= 0.6 is 0 Å². The third-order valence-corrected chi connectivity index (χ3v) is 3.82. The van der Waals surface area contributed by atoms with Crippen molar-refractivity contribution in [3.8, 4) is 5.75 Å². The zero-order valence-corrected chi connectivity index (χ0v) is 13.5. The standard InChI is InChI=1S/C15H11F5N4O3/c1-6(7-2-4-8(5-3-7)27-13(16)17)24-11-9(10(23-24)15(18,19)20)12(25)22-14(26)21-11/h2-6,13H,1H3,(H2,21,22,25,26)/t6-/m0/s1. The van der Waals surface area contributed by atoms with Crippen LogP contribution in [0, 0.1) is 0 Å². The van der Waals surface area contributed by atoms with Crippen LogP contribution in [-0.2, 0) is 6.18 Å². The second-order valence-corrected chi connectivity index (χ2v) is 5.55. The third-order valence-electron chi connectivity index (χ3n) is 3.82. The summed E-state index contributed by atoms with van der Waals surface area (Å²) in [5.74, 6) is -0.132. The van der Waals surface area contributed by atoms with Crippen LogP contribution in [0.4, 0.5) is 22.0 Å². The molecule has 0 aliphatic heterocycles. The summed E-state index contributed by atoms with van der Waals surface area (Å²) >= 11 is 0. The van der Waals surface area contributed by atoms with E-state index in [0.29, 0.717) is 5.56 Å². The molecule has 27 heavy (non-hydrogen) atoms. The molecule has 0 saturated carbocycles. The van der Waals surface area contributed by atoms with Gasteiger partial charge in [0.1, 0.15) is 16.8 Å². The number of halogens is 5. The summed E-state index contributed by atoms with van der Waals surface area (Å²) < 4.78 is 69.2. The molecule has 1 aromatic carbocycles. The molecule has 0 unspecified atom stereocenters. The van der Waals surface area contributed by atoms with E-state index in [4.69, 9.17) is 0 Å². The molecular formula is C15H11F5N4O3. The molecule has 0 spiro atoms. The first-order valence-corrected chi connectivity index (χ1v) is 7.44. The Morgan fingerprint density at radius 2 is 1.74 bits per heavy atom. The number of aromatic nitrogens is 4. The first kappa shape index (κ1) is 18.6. The minimum absolute atomic E-state index is 0.132. The Hall–Kier alpha value is -3.18. The molecule has 2 heterocycles. The highest BCUT2D eigenvalue weighted by Crippen LogP contribution is 2.33. The Bertz CT molecular complexity index is 1080. The van der Waals surface area contributed by atoms with Crippen molar-refractivity contribution in [1.82, 2.24) is 19.7 Å². The van der Waals surface area contributed by atoms with E-state index < -0.39 is 46.8 Å². The molecule has 7 nitrogen and oxygen atoms in total. The number of nitrogens with one attached hydrogen (secondary N) is 2. The first-order valence-electron chi connectivity index (χ1n) is 7.44. The number of alkyl halides is 5. The summed E-state index contributed by atoms with van der Waals surface area (Å²) in [4.78, 5) is 27.3. The lowest BCUT2D eigenvalue weighted by atomic mass is 10.1. The fourth-order valence-electron chi connectivity index (χ4n) is 2.62. The summed E-state index contributed by atoms with van der Waals surface area (Å²) in [6.45, 7) is -1.55. The zero-order chi connectivity index (χ0) is 19.9. The molecule has 0 saturated heterocycles. The molecule has 0 aliphatic carbocycles. The van der Waals surface area contributed by atoms with Crippen LogP contribution in [0.2, 0.25) is 0 Å². The van der Waals surface area contributed by atoms with Gasteiger partial charge < -0.3 is 4.74 Å². The highest BCUT2D eigenvalue weighted by molar-refractivity contribution is 5.77. The average Bonchev–Trinajstić information content (AvgIpc) is 2.94. The topological polar surface area (TPSA) is 92.8 Å². The smallest absolute Gasteiger partial charge is 0.435 e. The maximum atomic E-state index is 13.2. The Labute approximate surface area is 146 Å². The van der Waals surface area contributed by atoms with Gasteiger partial charge in [-0.2, -0.15) is 27.1 Å². The van der Waals surface area contributed by atoms with Crippen LogP contribution in [0.15, 0.2) is 33.9 Å². The van der Waals surface area contributed by atoms with Gasteiger partial charge in [-0.1, -0.05) is 12.1 Å². The van der Waals surface area contributed by atoms with Crippen LogP contribution in [-0.4, -0.2) is 26.4 Å². The van der Waals surface area contributed by atoms with Crippen molar-refractivity contribution in [2.45, 2.75) is 25.8 Å². The predicted octanol–water partition coefficient (Wildman–Crippen LogP) is 2.64. The molecule has 12 heteroatoms. The van der Waals surface area contributed by atoms with Gasteiger partial charge in [-0.15, -0.1) is 0 Å². The van der Waals surface area contributed by atoms with Crippen LogP contribution in [0.5, 0.6) is 5.75 Å². The molecular weight excluding hydrogens is 379 g/mol. The Kier molecular flexibility index (Phi) is 4.49. The second kappa shape index (κ2) is 6.52. The van der Waals surface area contributed by atoms with Gasteiger partial charge >= 0.3 is 18.5 Å². The monoisotopic (exact) mass is 390 g/mol. The number of benzene rings is 1. The fourth-order valence-corrected chi connectivity index (χ4v) is 2.62. The van der Waals surface area contributed by atoms with E-state index in [0.717, 1.165) is 4.68 Å². The van der Waals surface area contributed by atoms with Gasteiger partial charge in [0.05, 0.1) is 6.04 Å². The number of hydrogen-bond donors (Lipinski definition) is 2. The number of ether oxygens (including phenoxy) is 1. The first-order chi connectivity index (χ1) is 12.6. The van der Waals surface area contributed by atoms with Crippen molar-refractivity contribution in [3.63, 3.8) is 0 Å². The molecule has 1 atom stereocenters. The van der Waals surface area contributed by atoms with Crippen molar-refractivity contribution in [2.24, 2.45) is 0 Å². The van der Waals surface area contributed by atoms with E-state index in [1.54, 1.807) is 4.98 Å². The summed E-state index contributed by atoms with van der Waals surface area (Å²) in [5, 5.41) is 2.66. The number of rotatable bonds is 4. The fraction of sp³-hybridized carbons (Fsp3) is 0.267. The van der Waals surface area contributed by atoms with Crippen LogP contribution in [0.25, 0.3) is 11.0 Å². The van der Waals surface area contributed by atoms with Gasteiger partial charge in [0.2, 0.25) is 0 Å². The van der Waals surface area contributed by atoms with Gasteiger partial charge in [0.15, 0.2) is 5.69 Å².